The molecule has 0 amide bonds. The third kappa shape index (κ3) is 2.72. The Morgan fingerprint density at radius 3 is 2.61 bits per heavy atom. The number of carbonyl (C=O) groups excluding carboxylic acids is 1. The van der Waals surface area contributed by atoms with E-state index in [0.717, 1.165) is 3.97 Å². The minimum absolute atomic E-state index is 0.173. The van der Waals surface area contributed by atoms with E-state index in [9.17, 15) is 13.2 Å². The minimum atomic E-state index is -3.75. The first kappa shape index (κ1) is 15.9. The summed E-state index contributed by atoms with van der Waals surface area (Å²) in [7, 11) is -2.47. The molecular formula is C15H11IN2O4S. The van der Waals surface area contributed by atoms with E-state index in [0.29, 0.717) is 8.96 Å². The number of hydrogen-bond acceptors (Lipinski definition) is 5. The lowest BCUT2D eigenvalue weighted by atomic mass is 10.2. The second-order valence-electron chi connectivity index (χ2n) is 4.68. The van der Waals surface area contributed by atoms with Crippen molar-refractivity contribution < 1.29 is 17.9 Å². The molecule has 0 fully saturated rings. The summed E-state index contributed by atoms with van der Waals surface area (Å²) in [6, 6.07) is 9.69. The van der Waals surface area contributed by atoms with Gasteiger partial charge in [0.15, 0.2) is 5.65 Å². The van der Waals surface area contributed by atoms with E-state index in [2.05, 4.69) is 9.72 Å². The van der Waals surface area contributed by atoms with E-state index in [1.807, 2.05) is 22.6 Å². The van der Waals surface area contributed by atoms with Gasteiger partial charge in [-0.15, -0.1) is 0 Å². The molecule has 0 aliphatic heterocycles. The highest BCUT2D eigenvalue weighted by Gasteiger charge is 2.22. The highest BCUT2D eigenvalue weighted by atomic mass is 127. The molecule has 3 aromatic rings. The van der Waals surface area contributed by atoms with Gasteiger partial charge in [0.1, 0.15) is 0 Å². The predicted octanol–water partition coefficient (Wildman–Crippen LogP) is 2.66. The van der Waals surface area contributed by atoms with Crippen LogP contribution < -0.4 is 0 Å². The number of pyridine rings is 1. The lowest BCUT2D eigenvalue weighted by Gasteiger charge is -2.06. The molecule has 1 aromatic carbocycles. The minimum Gasteiger partial charge on any atom is -0.465 e. The fourth-order valence-corrected chi connectivity index (χ4v) is 4.37. The Hall–Kier alpha value is -1.94. The van der Waals surface area contributed by atoms with Gasteiger partial charge in [0.25, 0.3) is 10.0 Å². The molecule has 0 saturated carbocycles. The maximum Gasteiger partial charge on any atom is 0.339 e. The largest absolute Gasteiger partial charge is 0.465 e. The van der Waals surface area contributed by atoms with Crippen molar-refractivity contribution in [3.8, 4) is 0 Å². The van der Waals surface area contributed by atoms with Crippen LogP contribution in [0.4, 0.5) is 0 Å². The summed E-state index contributed by atoms with van der Waals surface area (Å²) in [6.45, 7) is 0. The Morgan fingerprint density at radius 1 is 1.26 bits per heavy atom. The third-order valence-electron chi connectivity index (χ3n) is 3.28. The fourth-order valence-electron chi connectivity index (χ4n) is 2.16. The molecule has 3 rings (SSSR count). The van der Waals surface area contributed by atoms with Crippen molar-refractivity contribution in [2.75, 3.05) is 7.11 Å². The Balaban J connectivity index is 2.22. The van der Waals surface area contributed by atoms with Gasteiger partial charge in [-0.2, -0.15) is 0 Å². The third-order valence-corrected chi connectivity index (χ3v) is 5.81. The Morgan fingerprint density at radius 2 is 1.96 bits per heavy atom. The van der Waals surface area contributed by atoms with Crippen LogP contribution in [0.25, 0.3) is 11.0 Å². The molecular weight excluding hydrogens is 431 g/mol. The molecule has 2 aromatic heterocycles. The van der Waals surface area contributed by atoms with Crippen LogP contribution in [0.2, 0.25) is 0 Å². The second kappa shape index (κ2) is 5.93. The average Bonchev–Trinajstić information content (AvgIpc) is 2.92. The first-order valence-corrected chi connectivity index (χ1v) is 9.02. The molecule has 118 valence electrons. The molecule has 0 saturated heterocycles. The zero-order valence-corrected chi connectivity index (χ0v) is 14.9. The van der Waals surface area contributed by atoms with Crippen molar-refractivity contribution in [2.24, 2.45) is 0 Å². The van der Waals surface area contributed by atoms with Gasteiger partial charge < -0.3 is 4.74 Å². The number of fused-ring (bicyclic) bond motifs is 1. The molecule has 0 bridgehead atoms. The van der Waals surface area contributed by atoms with E-state index < -0.39 is 16.0 Å². The van der Waals surface area contributed by atoms with Crippen molar-refractivity contribution in [1.82, 2.24) is 8.96 Å². The number of carbonyl (C=O) groups is 1. The number of nitrogens with zero attached hydrogens (tertiary/aromatic N) is 2. The fraction of sp³-hybridized carbons (Fsp3) is 0.0667. The molecule has 0 radical (unpaired) electrons. The number of rotatable bonds is 3. The van der Waals surface area contributed by atoms with Crippen LogP contribution >= 0.6 is 22.6 Å². The van der Waals surface area contributed by atoms with Crippen LogP contribution in [0.1, 0.15) is 10.4 Å². The van der Waals surface area contributed by atoms with Crippen molar-refractivity contribution in [3.63, 3.8) is 0 Å². The van der Waals surface area contributed by atoms with Crippen molar-refractivity contribution >= 4 is 49.6 Å². The molecule has 0 aliphatic carbocycles. The monoisotopic (exact) mass is 442 g/mol. The molecule has 8 heteroatoms. The van der Waals surface area contributed by atoms with Crippen LogP contribution in [0.3, 0.4) is 0 Å². The summed E-state index contributed by atoms with van der Waals surface area (Å²) >= 11 is 2.01. The topological polar surface area (TPSA) is 78.3 Å². The summed E-state index contributed by atoms with van der Waals surface area (Å²) in [5.41, 5.74) is 0.540. The van der Waals surface area contributed by atoms with E-state index in [1.54, 1.807) is 24.3 Å². The van der Waals surface area contributed by atoms with Crippen molar-refractivity contribution in [2.45, 2.75) is 4.90 Å². The molecule has 6 nitrogen and oxygen atoms in total. The van der Waals surface area contributed by atoms with E-state index in [-0.39, 0.29) is 16.1 Å². The zero-order chi connectivity index (χ0) is 16.6. The van der Waals surface area contributed by atoms with Gasteiger partial charge in [-0.25, -0.2) is 22.2 Å². The Bertz CT molecular complexity index is 997. The summed E-state index contributed by atoms with van der Waals surface area (Å²) in [4.78, 5) is 15.9. The molecule has 0 spiro atoms. The van der Waals surface area contributed by atoms with E-state index in [1.165, 1.54) is 31.6 Å². The zero-order valence-electron chi connectivity index (χ0n) is 11.9. The number of aromatic nitrogens is 2. The molecule has 0 aliphatic rings. The second-order valence-corrected chi connectivity index (χ2v) is 7.65. The summed E-state index contributed by atoms with van der Waals surface area (Å²) in [5.74, 6) is -0.520. The number of ether oxygens (including phenoxy) is 1. The number of esters is 1. The predicted molar refractivity (Wildman–Crippen MR) is 92.8 cm³/mol. The average molecular weight is 442 g/mol. The lowest BCUT2D eigenvalue weighted by molar-refractivity contribution is 0.0600. The highest BCUT2D eigenvalue weighted by molar-refractivity contribution is 14.1. The van der Waals surface area contributed by atoms with Crippen LogP contribution in [-0.4, -0.2) is 30.5 Å². The number of hydrogen-bond donors (Lipinski definition) is 0. The first-order valence-electron chi connectivity index (χ1n) is 6.50. The summed E-state index contributed by atoms with van der Waals surface area (Å²) < 4.78 is 32.0. The van der Waals surface area contributed by atoms with E-state index in [4.69, 9.17) is 0 Å². The first-order chi connectivity index (χ1) is 10.9. The molecule has 2 heterocycles. The maximum atomic E-state index is 12.8. The van der Waals surface area contributed by atoms with Gasteiger partial charge in [-0.3, -0.25) is 0 Å². The molecule has 0 unspecified atom stereocenters. The van der Waals surface area contributed by atoms with Crippen LogP contribution in [0, 0.1) is 3.57 Å². The normalized spacial score (nSPS) is 11.6. The summed E-state index contributed by atoms with van der Waals surface area (Å²) in [6.07, 6.45) is 2.79. The Kier molecular flexibility index (Phi) is 4.11. The lowest BCUT2D eigenvalue weighted by Crippen LogP contribution is -2.12. The van der Waals surface area contributed by atoms with E-state index >= 15 is 0 Å². The standard InChI is InChI=1S/C15H11IN2O4S/c1-22-15(19)10-7-12-13(16)9-18(14(12)17-8-10)23(20,21)11-5-3-2-4-6-11/h2-9H,1H3. The maximum absolute atomic E-state index is 12.8. The van der Waals surface area contributed by atoms with Gasteiger partial charge >= 0.3 is 5.97 Å². The number of methoxy groups -OCH3 is 1. The van der Waals surface area contributed by atoms with Crippen molar-refractivity contribution in [1.29, 1.82) is 0 Å². The van der Waals surface area contributed by atoms with Crippen LogP contribution in [-0.2, 0) is 14.8 Å². The van der Waals surface area contributed by atoms with Crippen molar-refractivity contribution in [3.05, 3.63) is 57.9 Å². The molecule has 0 atom stereocenters. The van der Waals surface area contributed by atoms with Gasteiger partial charge in [-0.1, -0.05) is 18.2 Å². The van der Waals surface area contributed by atoms with Gasteiger partial charge in [-0.05, 0) is 40.8 Å². The Labute approximate surface area is 146 Å². The number of halogens is 1. The van der Waals surface area contributed by atoms with Crippen LogP contribution in [0.5, 0.6) is 0 Å². The number of benzene rings is 1. The summed E-state index contributed by atoms with van der Waals surface area (Å²) in [5, 5.41) is 0.577. The smallest absolute Gasteiger partial charge is 0.339 e. The van der Waals surface area contributed by atoms with Crippen LogP contribution in [0.15, 0.2) is 53.7 Å². The molecule has 23 heavy (non-hydrogen) atoms. The SMILES string of the molecule is COC(=O)c1cnc2c(c1)c(I)cn2S(=O)(=O)c1ccccc1. The quantitative estimate of drug-likeness (QED) is 0.461. The highest BCUT2D eigenvalue weighted by Crippen LogP contribution is 2.26. The van der Waals surface area contributed by atoms with Gasteiger partial charge in [0.05, 0.1) is 17.6 Å². The molecule has 0 N–H and O–H groups in total. The van der Waals surface area contributed by atoms with Gasteiger partial charge in [0, 0.05) is 21.4 Å². The van der Waals surface area contributed by atoms with Gasteiger partial charge in [0.2, 0.25) is 0 Å².